The maximum atomic E-state index is 13.8. The summed E-state index contributed by atoms with van der Waals surface area (Å²) in [4.78, 5) is 42.9. The number of benzene rings is 2. The number of nitrogens with one attached hydrogen (secondary N) is 1. The summed E-state index contributed by atoms with van der Waals surface area (Å²) in [5.41, 5.74) is 6.53. The molecule has 0 aromatic heterocycles. The first-order chi connectivity index (χ1) is 17.2. The van der Waals surface area contributed by atoms with Crippen LogP contribution in [0.15, 0.2) is 60.7 Å². The van der Waals surface area contributed by atoms with Gasteiger partial charge in [0.2, 0.25) is 17.7 Å². The smallest absolute Gasteiger partial charge is 0.247 e. The molecule has 8 nitrogen and oxygen atoms in total. The number of nitrogens with zero attached hydrogens (tertiary/aromatic N) is 2. The van der Waals surface area contributed by atoms with Gasteiger partial charge in [-0.1, -0.05) is 60.7 Å². The van der Waals surface area contributed by atoms with Gasteiger partial charge >= 0.3 is 0 Å². The number of fused-ring (bicyclic) bond motifs is 1. The van der Waals surface area contributed by atoms with Gasteiger partial charge in [0.05, 0.1) is 24.3 Å². The molecular weight excluding hydrogens is 456 g/mol. The summed E-state index contributed by atoms with van der Waals surface area (Å²) in [6.45, 7) is 4.87. The van der Waals surface area contributed by atoms with Crippen molar-refractivity contribution in [2.45, 2.75) is 56.8 Å². The van der Waals surface area contributed by atoms with Crippen LogP contribution < -0.4 is 11.1 Å². The van der Waals surface area contributed by atoms with Gasteiger partial charge in [0.15, 0.2) is 0 Å². The Hall–Kier alpha value is -3.23. The molecule has 0 bridgehead atoms. The quantitative estimate of drug-likeness (QED) is 0.556. The summed E-state index contributed by atoms with van der Waals surface area (Å²) in [7, 11) is 0. The van der Waals surface area contributed by atoms with E-state index < -0.39 is 23.0 Å². The molecular formula is C28H36N4O4. The van der Waals surface area contributed by atoms with Crippen molar-refractivity contribution in [1.82, 2.24) is 15.1 Å². The van der Waals surface area contributed by atoms with Crippen molar-refractivity contribution in [1.29, 1.82) is 0 Å². The minimum absolute atomic E-state index is 0.0282. The maximum absolute atomic E-state index is 13.8. The molecule has 0 radical (unpaired) electrons. The fraction of sp³-hybridized carbons (Fsp3) is 0.464. The molecule has 2 atom stereocenters. The molecule has 2 aliphatic rings. The van der Waals surface area contributed by atoms with Gasteiger partial charge in [-0.15, -0.1) is 0 Å². The zero-order valence-electron chi connectivity index (χ0n) is 21.1. The third-order valence-electron chi connectivity index (χ3n) is 7.03. The average molecular weight is 493 g/mol. The van der Waals surface area contributed by atoms with E-state index >= 15 is 0 Å². The van der Waals surface area contributed by atoms with E-state index in [-0.39, 0.29) is 18.4 Å². The van der Waals surface area contributed by atoms with Crippen LogP contribution in [0.3, 0.4) is 0 Å². The van der Waals surface area contributed by atoms with Crippen LogP contribution in [0.25, 0.3) is 0 Å². The van der Waals surface area contributed by atoms with Gasteiger partial charge in [0.25, 0.3) is 0 Å². The zero-order valence-corrected chi connectivity index (χ0v) is 21.1. The van der Waals surface area contributed by atoms with Crippen LogP contribution in [0.5, 0.6) is 0 Å². The lowest BCUT2D eigenvalue weighted by Gasteiger charge is -2.48. The van der Waals surface area contributed by atoms with Crippen molar-refractivity contribution in [3.8, 4) is 0 Å². The summed E-state index contributed by atoms with van der Waals surface area (Å²) in [5.74, 6) is -0.496. The van der Waals surface area contributed by atoms with Crippen LogP contribution in [0, 0.1) is 0 Å². The second-order valence-corrected chi connectivity index (χ2v) is 10.4. The lowest BCUT2D eigenvalue weighted by atomic mass is 9.85. The molecule has 2 saturated heterocycles. The number of carbonyl (C=O) groups is 3. The second-order valence-electron chi connectivity index (χ2n) is 10.4. The van der Waals surface area contributed by atoms with Crippen LogP contribution in [0.2, 0.25) is 0 Å². The van der Waals surface area contributed by atoms with Gasteiger partial charge in [-0.25, -0.2) is 0 Å². The van der Waals surface area contributed by atoms with Crippen LogP contribution in [0.4, 0.5) is 0 Å². The Morgan fingerprint density at radius 2 is 1.69 bits per heavy atom. The van der Waals surface area contributed by atoms with E-state index in [2.05, 4.69) is 17.4 Å². The number of carbonyl (C=O) groups excluding carboxylic acids is 3. The first kappa shape index (κ1) is 25.9. The Labute approximate surface area is 212 Å². The molecule has 2 aliphatic heterocycles. The summed E-state index contributed by atoms with van der Waals surface area (Å²) >= 11 is 0. The summed E-state index contributed by atoms with van der Waals surface area (Å²) in [6.07, 6.45) is 1.86. The van der Waals surface area contributed by atoms with E-state index in [9.17, 15) is 14.4 Å². The Kier molecular flexibility index (Phi) is 7.76. The number of piperazine rings is 1. The van der Waals surface area contributed by atoms with Crippen LogP contribution >= 0.6 is 0 Å². The number of amides is 3. The van der Waals surface area contributed by atoms with Crippen LogP contribution in [-0.2, 0) is 32.1 Å². The lowest BCUT2D eigenvalue weighted by molar-refractivity contribution is -0.147. The molecule has 2 unspecified atom stereocenters. The fourth-order valence-electron chi connectivity index (χ4n) is 5.07. The van der Waals surface area contributed by atoms with Crippen LogP contribution in [0.1, 0.15) is 37.8 Å². The molecule has 3 N–H and O–H groups in total. The predicted octanol–water partition coefficient (Wildman–Crippen LogP) is 1.87. The van der Waals surface area contributed by atoms with Gasteiger partial charge in [0.1, 0.15) is 6.04 Å². The molecule has 2 aromatic carbocycles. The summed E-state index contributed by atoms with van der Waals surface area (Å²) in [5, 5.41) is 2.81. The highest BCUT2D eigenvalue weighted by molar-refractivity contribution is 5.92. The van der Waals surface area contributed by atoms with Gasteiger partial charge in [-0.3, -0.25) is 14.4 Å². The topological polar surface area (TPSA) is 105 Å². The fourth-order valence-corrected chi connectivity index (χ4v) is 5.07. The molecule has 2 fully saturated rings. The maximum Gasteiger partial charge on any atom is 0.247 e. The highest BCUT2D eigenvalue weighted by Crippen LogP contribution is 2.37. The van der Waals surface area contributed by atoms with E-state index in [4.69, 9.17) is 10.5 Å². The first-order valence-corrected chi connectivity index (χ1v) is 12.5. The van der Waals surface area contributed by atoms with E-state index in [1.54, 1.807) is 18.7 Å². The van der Waals surface area contributed by atoms with Gasteiger partial charge < -0.3 is 25.6 Å². The van der Waals surface area contributed by atoms with Crippen molar-refractivity contribution in [3.05, 3.63) is 71.8 Å². The first-order valence-electron chi connectivity index (χ1n) is 12.5. The molecule has 0 saturated carbocycles. The molecule has 2 heterocycles. The van der Waals surface area contributed by atoms with Crippen LogP contribution in [-0.4, -0.2) is 70.9 Å². The molecule has 8 heteroatoms. The number of rotatable bonds is 9. The Morgan fingerprint density at radius 1 is 1.06 bits per heavy atom. The van der Waals surface area contributed by atoms with Crippen molar-refractivity contribution in [3.63, 3.8) is 0 Å². The highest BCUT2D eigenvalue weighted by atomic mass is 16.5. The molecule has 36 heavy (non-hydrogen) atoms. The van der Waals surface area contributed by atoms with Gasteiger partial charge in [-0.05, 0) is 37.8 Å². The van der Waals surface area contributed by atoms with Gasteiger partial charge in [-0.2, -0.15) is 0 Å². The third kappa shape index (κ3) is 5.94. The molecule has 0 spiro atoms. The minimum Gasteiger partial charge on any atom is -0.374 e. The van der Waals surface area contributed by atoms with Crippen molar-refractivity contribution in [2.75, 3.05) is 26.2 Å². The third-order valence-corrected chi connectivity index (χ3v) is 7.03. The predicted molar refractivity (Wildman–Crippen MR) is 137 cm³/mol. The van der Waals surface area contributed by atoms with E-state index in [1.165, 1.54) is 0 Å². The molecule has 2 aromatic rings. The average Bonchev–Trinajstić information content (AvgIpc) is 3.18. The monoisotopic (exact) mass is 492 g/mol. The lowest BCUT2D eigenvalue weighted by Crippen LogP contribution is -2.65. The Morgan fingerprint density at radius 3 is 2.33 bits per heavy atom. The van der Waals surface area contributed by atoms with Crippen molar-refractivity contribution in [2.24, 2.45) is 5.73 Å². The zero-order chi connectivity index (χ0) is 25.8. The van der Waals surface area contributed by atoms with Crippen molar-refractivity contribution >= 4 is 17.7 Å². The van der Waals surface area contributed by atoms with E-state index in [0.29, 0.717) is 45.5 Å². The van der Waals surface area contributed by atoms with E-state index in [0.717, 1.165) is 11.1 Å². The molecule has 192 valence electrons. The second kappa shape index (κ2) is 10.8. The normalized spacial score (nSPS) is 20.7. The molecule has 0 aliphatic carbocycles. The van der Waals surface area contributed by atoms with E-state index in [1.807, 2.05) is 53.4 Å². The van der Waals surface area contributed by atoms with Gasteiger partial charge in [0, 0.05) is 26.1 Å². The minimum atomic E-state index is -1.14. The number of hydrogen-bond acceptors (Lipinski definition) is 5. The number of nitrogens with two attached hydrogens (primary N) is 1. The number of hydrogen-bond donors (Lipinski definition) is 2. The SMILES string of the molecule is CC(C)(N)C(=O)NC(COCc1ccccc1)C(=O)N1CCN2C(=O)CCC2(Cc2ccccc2)C1. The summed E-state index contributed by atoms with van der Waals surface area (Å²) < 4.78 is 5.86. The number of ether oxygens (including phenoxy) is 1. The highest BCUT2D eigenvalue weighted by Gasteiger charge is 2.50. The Bertz CT molecular complexity index is 1070. The molecule has 3 amide bonds. The standard InChI is InChI=1S/C28H36N4O4/c1-27(2,29)26(35)30-23(19-36-18-22-11-7-4-8-12-22)25(34)31-15-16-32-24(33)13-14-28(32,20-31)17-21-9-5-3-6-10-21/h3-12,23H,13-20,29H2,1-2H3,(H,30,35). The van der Waals surface area contributed by atoms with Crippen molar-refractivity contribution < 1.29 is 19.1 Å². The Balaban J connectivity index is 1.50. The largest absolute Gasteiger partial charge is 0.374 e. The molecule has 4 rings (SSSR count). The summed E-state index contributed by atoms with van der Waals surface area (Å²) in [6, 6.07) is 18.9.